The molecule has 0 aromatic rings. The van der Waals surface area contributed by atoms with E-state index >= 15 is 0 Å². The SMILES string of the molecule is CCS[C@]1(C[C@@H](C)O)CCCS1=O. The van der Waals surface area contributed by atoms with Crippen molar-refractivity contribution in [3.05, 3.63) is 0 Å². The van der Waals surface area contributed by atoms with Crippen molar-refractivity contribution < 1.29 is 9.32 Å². The lowest BCUT2D eigenvalue weighted by Gasteiger charge is -2.27. The number of hydrogen-bond acceptors (Lipinski definition) is 3. The maximum Gasteiger partial charge on any atom is 0.0933 e. The van der Waals surface area contributed by atoms with Gasteiger partial charge in [0.25, 0.3) is 0 Å². The van der Waals surface area contributed by atoms with Gasteiger partial charge in [-0.15, -0.1) is 11.8 Å². The molecular weight excluding hydrogens is 204 g/mol. The van der Waals surface area contributed by atoms with Gasteiger partial charge in [0.1, 0.15) is 0 Å². The highest BCUT2D eigenvalue weighted by atomic mass is 32.2. The highest BCUT2D eigenvalue weighted by Gasteiger charge is 2.41. The highest BCUT2D eigenvalue weighted by Crippen LogP contribution is 2.42. The van der Waals surface area contributed by atoms with E-state index in [1.165, 1.54) is 0 Å². The average Bonchev–Trinajstić information content (AvgIpc) is 2.32. The van der Waals surface area contributed by atoms with Crippen molar-refractivity contribution in [2.24, 2.45) is 0 Å². The van der Waals surface area contributed by atoms with Crippen LogP contribution in [-0.4, -0.2) is 31.0 Å². The monoisotopic (exact) mass is 222 g/mol. The molecule has 1 N–H and O–H groups in total. The number of rotatable bonds is 4. The van der Waals surface area contributed by atoms with Gasteiger partial charge in [-0.05, 0) is 31.9 Å². The van der Waals surface area contributed by atoms with Crippen LogP contribution in [0.4, 0.5) is 0 Å². The molecule has 13 heavy (non-hydrogen) atoms. The van der Waals surface area contributed by atoms with Crippen LogP contribution in [0.25, 0.3) is 0 Å². The molecule has 0 aliphatic carbocycles. The van der Waals surface area contributed by atoms with E-state index in [1.807, 2.05) is 0 Å². The predicted molar refractivity (Wildman–Crippen MR) is 59.4 cm³/mol. The van der Waals surface area contributed by atoms with Gasteiger partial charge >= 0.3 is 0 Å². The van der Waals surface area contributed by atoms with Crippen LogP contribution in [0, 0.1) is 0 Å². The Morgan fingerprint density at radius 3 is 2.77 bits per heavy atom. The smallest absolute Gasteiger partial charge is 0.0933 e. The van der Waals surface area contributed by atoms with Gasteiger partial charge < -0.3 is 5.11 Å². The molecule has 1 heterocycles. The zero-order valence-electron chi connectivity index (χ0n) is 8.28. The first-order chi connectivity index (χ1) is 6.10. The van der Waals surface area contributed by atoms with E-state index in [-0.39, 0.29) is 10.2 Å². The summed E-state index contributed by atoms with van der Waals surface area (Å²) in [6.45, 7) is 3.87. The molecular formula is C9H18O2S2. The normalized spacial score (nSPS) is 36.4. The lowest BCUT2D eigenvalue weighted by Crippen LogP contribution is -2.30. The maximum atomic E-state index is 11.8. The zero-order chi connectivity index (χ0) is 9.90. The summed E-state index contributed by atoms with van der Waals surface area (Å²) in [7, 11) is -0.737. The summed E-state index contributed by atoms with van der Waals surface area (Å²) in [6.07, 6.45) is 2.40. The minimum atomic E-state index is -0.737. The molecule has 0 bridgehead atoms. The molecule has 1 fully saturated rings. The third-order valence-electron chi connectivity index (χ3n) is 2.32. The van der Waals surface area contributed by atoms with Gasteiger partial charge in [0.15, 0.2) is 0 Å². The fourth-order valence-corrected chi connectivity index (χ4v) is 5.76. The molecule has 1 saturated heterocycles. The Labute approximate surface area is 86.9 Å². The number of aliphatic hydroxyl groups excluding tert-OH is 1. The standard InChI is InChI=1S/C9H18O2S2/c1-3-12-9(7-8(2)10)5-4-6-13(9)11/h8,10H,3-7H2,1-2H3/t8-,9-,13?/m1/s1. The van der Waals surface area contributed by atoms with Gasteiger partial charge in [0, 0.05) is 16.6 Å². The Morgan fingerprint density at radius 2 is 2.38 bits per heavy atom. The number of thioether (sulfide) groups is 1. The summed E-state index contributed by atoms with van der Waals surface area (Å²) < 4.78 is 11.7. The molecule has 1 aliphatic rings. The topological polar surface area (TPSA) is 37.3 Å². The van der Waals surface area contributed by atoms with Crippen molar-refractivity contribution in [2.75, 3.05) is 11.5 Å². The van der Waals surface area contributed by atoms with E-state index in [1.54, 1.807) is 18.7 Å². The molecule has 0 aromatic heterocycles. The third-order valence-corrected chi connectivity index (χ3v) is 6.27. The van der Waals surface area contributed by atoms with Crippen molar-refractivity contribution >= 4 is 22.6 Å². The van der Waals surface area contributed by atoms with Gasteiger partial charge in [0.2, 0.25) is 0 Å². The van der Waals surface area contributed by atoms with Gasteiger partial charge in [-0.25, -0.2) is 0 Å². The van der Waals surface area contributed by atoms with Crippen LogP contribution in [0.1, 0.15) is 33.1 Å². The van der Waals surface area contributed by atoms with E-state index in [0.29, 0.717) is 6.42 Å². The molecule has 2 nitrogen and oxygen atoms in total. The van der Waals surface area contributed by atoms with Crippen LogP contribution in [-0.2, 0) is 10.8 Å². The van der Waals surface area contributed by atoms with Crippen molar-refractivity contribution in [1.29, 1.82) is 0 Å². The third kappa shape index (κ3) is 2.70. The fraction of sp³-hybridized carbons (Fsp3) is 1.00. The van der Waals surface area contributed by atoms with E-state index in [9.17, 15) is 9.32 Å². The summed E-state index contributed by atoms with van der Waals surface area (Å²) in [6, 6.07) is 0. The molecule has 0 radical (unpaired) electrons. The molecule has 0 aromatic carbocycles. The van der Waals surface area contributed by atoms with Gasteiger partial charge in [0.05, 0.1) is 10.2 Å². The van der Waals surface area contributed by atoms with E-state index in [4.69, 9.17) is 0 Å². The summed E-state index contributed by atoms with van der Waals surface area (Å²) in [5.74, 6) is 1.80. The average molecular weight is 222 g/mol. The first-order valence-corrected chi connectivity index (χ1v) is 7.11. The summed E-state index contributed by atoms with van der Waals surface area (Å²) in [5.41, 5.74) is 0. The first kappa shape index (κ1) is 11.5. The summed E-state index contributed by atoms with van der Waals surface area (Å²) in [5, 5.41) is 9.37. The second kappa shape index (κ2) is 4.80. The van der Waals surface area contributed by atoms with E-state index in [0.717, 1.165) is 24.3 Å². The van der Waals surface area contributed by atoms with Gasteiger partial charge in [-0.2, -0.15) is 0 Å². The van der Waals surface area contributed by atoms with Crippen LogP contribution < -0.4 is 0 Å². The van der Waals surface area contributed by atoms with Crippen LogP contribution in [0.3, 0.4) is 0 Å². The molecule has 78 valence electrons. The minimum absolute atomic E-state index is 0.136. The summed E-state index contributed by atoms with van der Waals surface area (Å²) in [4.78, 5) is 0. The second-order valence-electron chi connectivity index (χ2n) is 3.55. The molecule has 4 heteroatoms. The molecule has 1 rings (SSSR count). The lowest BCUT2D eigenvalue weighted by atomic mass is 10.1. The molecule has 0 spiro atoms. The Kier molecular flexibility index (Phi) is 4.26. The molecule has 1 aliphatic heterocycles. The van der Waals surface area contributed by atoms with Crippen molar-refractivity contribution in [3.8, 4) is 0 Å². The van der Waals surface area contributed by atoms with E-state index in [2.05, 4.69) is 6.92 Å². The Balaban J connectivity index is 2.68. The maximum absolute atomic E-state index is 11.8. The van der Waals surface area contributed by atoms with Crippen LogP contribution in [0.15, 0.2) is 0 Å². The quantitative estimate of drug-likeness (QED) is 0.787. The highest BCUT2D eigenvalue weighted by molar-refractivity contribution is 8.12. The van der Waals surface area contributed by atoms with Crippen LogP contribution in [0.2, 0.25) is 0 Å². The molecule has 0 amide bonds. The van der Waals surface area contributed by atoms with E-state index < -0.39 is 10.8 Å². The van der Waals surface area contributed by atoms with Crippen molar-refractivity contribution in [1.82, 2.24) is 0 Å². The Morgan fingerprint density at radius 1 is 1.69 bits per heavy atom. The summed E-state index contributed by atoms with van der Waals surface area (Å²) >= 11 is 1.76. The molecule has 0 saturated carbocycles. The van der Waals surface area contributed by atoms with Crippen molar-refractivity contribution in [3.63, 3.8) is 0 Å². The van der Waals surface area contributed by atoms with Gasteiger partial charge in [-0.1, -0.05) is 6.92 Å². The second-order valence-corrected chi connectivity index (χ2v) is 7.34. The largest absolute Gasteiger partial charge is 0.393 e. The zero-order valence-corrected chi connectivity index (χ0v) is 9.92. The Hall–Kier alpha value is 0.460. The van der Waals surface area contributed by atoms with Crippen LogP contribution >= 0.6 is 11.8 Å². The fourth-order valence-electron chi connectivity index (χ4n) is 1.88. The first-order valence-electron chi connectivity index (χ1n) is 4.81. The Bertz CT molecular complexity index is 194. The number of hydrogen-bond donors (Lipinski definition) is 1. The predicted octanol–water partition coefficient (Wildman–Crippen LogP) is 1.75. The van der Waals surface area contributed by atoms with Crippen molar-refractivity contribution in [2.45, 2.75) is 43.3 Å². The molecule has 3 atom stereocenters. The minimum Gasteiger partial charge on any atom is -0.393 e. The molecule has 1 unspecified atom stereocenters. The van der Waals surface area contributed by atoms with Crippen LogP contribution in [0.5, 0.6) is 0 Å². The number of aliphatic hydroxyl groups is 1. The lowest BCUT2D eigenvalue weighted by molar-refractivity contribution is 0.179. The van der Waals surface area contributed by atoms with Gasteiger partial charge in [-0.3, -0.25) is 4.21 Å².